The molecule has 0 amide bonds. The van der Waals surface area contributed by atoms with Crippen LogP contribution in [0, 0.1) is 44.0 Å². The predicted octanol–water partition coefficient (Wildman–Crippen LogP) is 1.65. The number of hydrogen-bond acceptors (Lipinski definition) is 7. The fourth-order valence-electron chi connectivity index (χ4n) is 1.22. The summed E-state index contributed by atoms with van der Waals surface area (Å²) >= 11 is 0.785. The number of aliphatic imine (C=N–C) groups is 1. The van der Waals surface area contributed by atoms with Crippen molar-refractivity contribution in [3.8, 4) is 18.5 Å². The number of hydrogen-bond donors (Lipinski definition) is 1. The highest BCUT2D eigenvalue weighted by atomic mass is 32.2. The van der Waals surface area contributed by atoms with Crippen LogP contribution in [0.4, 0.5) is 11.4 Å². The van der Waals surface area contributed by atoms with Crippen molar-refractivity contribution in [3.63, 3.8) is 0 Å². The second-order valence-electron chi connectivity index (χ2n) is 3.33. The standard InChI is InChI=1S/C11H7N5O4S/c1-2-5-13-11(14-7-12)21-10-4-3-8(15(17)18)6-9(10)16(19)20/h1,3-4,6H,5H2,(H,13,14). The molecule has 0 saturated carbocycles. The Balaban J connectivity index is 3.18. The summed E-state index contributed by atoms with van der Waals surface area (Å²) in [5, 5.41) is 32.5. The molecule has 0 aromatic heterocycles. The van der Waals surface area contributed by atoms with Gasteiger partial charge in [-0.05, 0) is 17.8 Å². The number of terminal acetylenes is 1. The van der Waals surface area contributed by atoms with E-state index in [2.05, 4.69) is 16.2 Å². The number of thioether (sulfide) groups is 1. The smallest absolute Gasteiger partial charge is 0.271 e. The fourth-order valence-corrected chi connectivity index (χ4v) is 2.02. The van der Waals surface area contributed by atoms with Crippen LogP contribution in [0.25, 0.3) is 0 Å². The second kappa shape index (κ2) is 7.47. The maximum absolute atomic E-state index is 11.0. The highest BCUT2D eigenvalue weighted by Gasteiger charge is 2.21. The molecule has 0 fully saturated rings. The lowest BCUT2D eigenvalue weighted by atomic mass is 10.3. The molecule has 0 aliphatic heterocycles. The van der Waals surface area contributed by atoms with Crippen LogP contribution in [-0.2, 0) is 0 Å². The van der Waals surface area contributed by atoms with Gasteiger partial charge in [-0.3, -0.25) is 25.5 Å². The van der Waals surface area contributed by atoms with Crippen molar-refractivity contribution in [2.45, 2.75) is 4.90 Å². The van der Waals surface area contributed by atoms with Gasteiger partial charge in [0.05, 0.1) is 20.8 Å². The van der Waals surface area contributed by atoms with E-state index in [4.69, 9.17) is 11.7 Å². The minimum absolute atomic E-state index is 0.0161. The van der Waals surface area contributed by atoms with Crippen LogP contribution in [-0.4, -0.2) is 21.6 Å². The first kappa shape index (κ1) is 15.9. The molecule has 0 bridgehead atoms. The predicted molar refractivity (Wildman–Crippen MR) is 75.5 cm³/mol. The second-order valence-corrected chi connectivity index (χ2v) is 4.36. The van der Waals surface area contributed by atoms with Crippen LogP contribution in [0.5, 0.6) is 0 Å². The molecule has 9 nitrogen and oxygen atoms in total. The summed E-state index contributed by atoms with van der Waals surface area (Å²) in [6, 6.07) is 3.18. The molecule has 0 atom stereocenters. The van der Waals surface area contributed by atoms with Gasteiger partial charge in [-0.15, -0.1) is 6.42 Å². The third-order valence-electron chi connectivity index (χ3n) is 2.03. The van der Waals surface area contributed by atoms with Gasteiger partial charge in [-0.2, -0.15) is 5.26 Å². The molecule has 106 valence electrons. The van der Waals surface area contributed by atoms with E-state index in [1.54, 1.807) is 6.19 Å². The number of nitro groups is 2. The van der Waals surface area contributed by atoms with Crippen molar-refractivity contribution in [2.75, 3.05) is 6.54 Å². The highest BCUT2D eigenvalue weighted by Crippen LogP contribution is 2.32. The van der Waals surface area contributed by atoms with Gasteiger partial charge in [0.1, 0.15) is 6.54 Å². The van der Waals surface area contributed by atoms with Gasteiger partial charge in [0.15, 0.2) is 11.4 Å². The molecule has 21 heavy (non-hydrogen) atoms. The lowest BCUT2D eigenvalue weighted by molar-refractivity contribution is -0.396. The molecule has 0 aliphatic carbocycles. The van der Waals surface area contributed by atoms with E-state index < -0.39 is 21.2 Å². The van der Waals surface area contributed by atoms with Gasteiger partial charge in [0, 0.05) is 6.07 Å². The third-order valence-corrected chi connectivity index (χ3v) is 3.02. The summed E-state index contributed by atoms with van der Waals surface area (Å²) in [6.45, 7) is -0.0161. The Morgan fingerprint density at radius 2 is 2.14 bits per heavy atom. The van der Waals surface area contributed by atoms with Crippen LogP contribution < -0.4 is 5.32 Å². The molecule has 0 radical (unpaired) electrons. The fraction of sp³-hybridized carbons (Fsp3) is 0.0909. The van der Waals surface area contributed by atoms with E-state index in [9.17, 15) is 20.2 Å². The molecular formula is C11H7N5O4S. The Kier molecular flexibility index (Phi) is 5.67. The van der Waals surface area contributed by atoms with E-state index in [0.29, 0.717) is 0 Å². The lowest BCUT2D eigenvalue weighted by Gasteiger charge is -2.04. The third kappa shape index (κ3) is 4.49. The number of benzene rings is 1. The van der Waals surface area contributed by atoms with E-state index >= 15 is 0 Å². The maximum Gasteiger partial charge on any atom is 0.290 e. The number of non-ortho nitro benzene ring substituents is 1. The van der Waals surface area contributed by atoms with E-state index in [0.717, 1.165) is 23.9 Å². The quantitative estimate of drug-likeness (QED) is 0.131. The summed E-state index contributed by atoms with van der Waals surface area (Å²) in [7, 11) is 0. The van der Waals surface area contributed by atoms with Gasteiger partial charge < -0.3 is 0 Å². The lowest BCUT2D eigenvalue weighted by Crippen LogP contribution is -2.14. The van der Waals surface area contributed by atoms with Gasteiger partial charge in [0.25, 0.3) is 11.4 Å². The molecule has 1 aromatic rings. The Bertz CT molecular complexity index is 689. The zero-order valence-corrected chi connectivity index (χ0v) is 11.2. The first-order valence-electron chi connectivity index (χ1n) is 5.23. The summed E-state index contributed by atoms with van der Waals surface area (Å²) < 4.78 is 0. The van der Waals surface area contributed by atoms with E-state index in [1.807, 2.05) is 0 Å². The molecule has 1 aromatic carbocycles. The average Bonchev–Trinajstić information content (AvgIpc) is 2.44. The molecule has 0 spiro atoms. The van der Waals surface area contributed by atoms with Gasteiger partial charge in [0.2, 0.25) is 0 Å². The van der Waals surface area contributed by atoms with Crippen molar-refractivity contribution in [2.24, 2.45) is 4.99 Å². The summed E-state index contributed by atoms with van der Waals surface area (Å²) in [5.74, 6) is 2.23. The molecule has 0 unspecified atom stereocenters. The number of nitriles is 1. The van der Waals surface area contributed by atoms with E-state index in [-0.39, 0.29) is 16.6 Å². The van der Waals surface area contributed by atoms with Crippen LogP contribution >= 0.6 is 11.8 Å². The number of nitro benzene ring substituents is 2. The molecule has 1 N–H and O–H groups in total. The monoisotopic (exact) mass is 305 g/mol. The van der Waals surface area contributed by atoms with Crippen molar-refractivity contribution in [1.29, 1.82) is 5.26 Å². The SMILES string of the molecule is C#CCN=C(NC#N)Sc1ccc([N+](=O)[O-])cc1[N+](=O)[O-]. The zero-order chi connectivity index (χ0) is 15.8. The van der Waals surface area contributed by atoms with Crippen molar-refractivity contribution in [3.05, 3.63) is 38.4 Å². The van der Waals surface area contributed by atoms with Crippen LogP contribution in [0.15, 0.2) is 28.1 Å². The van der Waals surface area contributed by atoms with Crippen LogP contribution in [0.1, 0.15) is 0 Å². The van der Waals surface area contributed by atoms with Crippen molar-refractivity contribution >= 4 is 28.3 Å². The summed E-state index contributed by atoms with van der Waals surface area (Å²) in [5.41, 5.74) is -0.858. The zero-order valence-electron chi connectivity index (χ0n) is 10.3. The van der Waals surface area contributed by atoms with Gasteiger partial charge in [-0.25, -0.2) is 4.99 Å². The molecule has 0 heterocycles. The number of nitrogens with one attached hydrogen (secondary N) is 1. The Hall–Kier alpha value is -3.11. The number of amidine groups is 1. The summed E-state index contributed by atoms with van der Waals surface area (Å²) in [6.07, 6.45) is 6.66. The Labute approximate surface area is 123 Å². The van der Waals surface area contributed by atoms with Crippen LogP contribution in [0.3, 0.4) is 0 Å². The van der Waals surface area contributed by atoms with Crippen LogP contribution in [0.2, 0.25) is 0 Å². The minimum Gasteiger partial charge on any atom is -0.271 e. The van der Waals surface area contributed by atoms with Crippen molar-refractivity contribution in [1.82, 2.24) is 5.32 Å². The Morgan fingerprint density at radius 1 is 1.43 bits per heavy atom. The first-order chi connectivity index (χ1) is 9.99. The average molecular weight is 305 g/mol. The Morgan fingerprint density at radius 3 is 2.67 bits per heavy atom. The highest BCUT2D eigenvalue weighted by molar-refractivity contribution is 8.14. The van der Waals surface area contributed by atoms with Gasteiger partial charge >= 0.3 is 0 Å². The molecule has 0 saturated heterocycles. The van der Waals surface area contributed by atoms with E-state index in [1.165, 1.54) is 6.07 Å². The first-order valence-corrected chi connectivity index (χ1v) is 6.05. The number of rotatable bonds is 4. The van der Waals surface area contributed by atoms with Crippen molar-refractivity contribution < 1.29 is 9.85 Å². The maximum atomic E-state index is 11.0. The molecule has 10 heteroatoms. The molecule has 0 aliphatic rings. The summed E-state index contributed by atoms with van der Waals surface area (Å²) in [4.78, 5) is 24.0. The minimum atomic E-state index is -0.749. The normalized spacial score (nSPS) is 10.3. The number of nitrogens with zero attached hydrogens (tertiary/aromatic N) is 4. The molecular weight excluding hydrogens is 298 g/mol. The molecule has 1 rings (SSSR count). The van der Waals surface area contributed by atoms with Gasteiger partial charge in [-0.1, -0.05) is 5.92 Å². The topological polar surface area (TPSA) is 134 Å². The largest absolute Gasteiger partial charge is 0.290 e.